The quantitative estimate of drug-likeness (QED) is 0.115. The van der Waals surface area contributed by atoms with Crippen molar-refractivity contribution in [3.8, 4) is 0 Å². The van der Waals surface area contributed by atoms with Crippen molar-refractivity contribution in [3.05, 3.63) is 131 Å². The average Bonchev–Trinajstić information content (AvgIpc) is 3.11. The smallest absolute Gasteiger partial charge is 0.150 e. The third kappa shape index (κ3) is 7.11. The number of aryl methyl sites for hydroxylation is 3. The first-order valence-electron chi connectivity index (χ1n) is 16.0. The standard InChI is InChI=1S/C24H16O2.C8H11N.C7H10N2.C2H6/c1-13-3-7-17-20-10-6-16(12-26)22-14(2)4-8-18(24(20)22)19-9-5-15(11-25)21(13)23(17)19;1-2-4-8-5-3-6-9-7-8;8-4-3-7-2-1-5-9-6-7;1-2/h3-12H,1-2H3;3,5-7H,2,4H2,1H3;1-2,5-6H,3-4,8H2;1-2H3. The summed E-state index contributed by atoms with van der Waals surface area (Å²) in [6.45, 7) is 11.0. The lowest BCUT2D eigenvalue weighted by Gasteiger charge is -2.18. The van der Waals surface area contributed by atoms with Gasteiger partial charge in [-0.15, -0.1) is 0 Å². The highest BCUT2D eigenvalue weighted by atomic mass is 16.1. The highest BCUT2D eigenvalue weighted by Crippen LogP contribution is 2.43. The van der Waals surface area contributed by atoms with Gasteiger partial charge >= 0.3 is 0 Å². The first-order chi connectivity index (χ1) is 22.5. The Morgan fingerprint density at radius 3 is 1.35 bits per heavy atom. The van der Waals surface area contributed by atoms with E-state index in [1.807, 2.05) is 82.6 Å². The summed E-state index contributed by atoms with van der Waals surface area (Å²) in [4.78, 5) is 31.2. The third-order valence-corrected chi connectivity index (χ3v) is 8.05. The fourth-order valence-electron chi connectivity index (χ4n) is 6.04. The topological polar surface area (TPSA) is 85.9 Å². The van der Waals surface area contributed by atoms with E-state index in [0.29, 0.717) is 6.54 Å². The molecule has 0 atom stereocenters. The van der Waals surface area contributed by atoms with Crippen LogP contribution in [0.5, 0.6) is 0 Å². The molecular weight excluding hydrogens is 566 g/mol. The summed E-state index contributed by atoms with van der Waals surface area (Å²) in [6.07, 6.45) is 12.5. The SMILES string of the molecule is CC.CCCc1cccnc1.Cc1ccc2c3ccc(C=O)c4c(C)ccc(c5ccc(C=O)c1c25)c43.NCCc1cccnc1. The number of fused-ring (bicyclic) bond motifs is 2. The molecule has 0 amide bonds. The average molecular weight is 610 g/mol. The van der Waals surface area contributed by atoms with Gasteiger partial charge < -0.3 is 5.73 Å². The van der Waals surface area contributed by atoms with Crippen molar-refractivity contribution in [2.24, 2.45) is 5.73 Å². The van der Waals surface area contributed by atoms with Gasteiger partial charge in [-0.25, -0.2) is 0 Å². The van der Waals surface area contributed by atoms with E-state index in [0.717, 1.165) is 90.8 Å². The molecule has 0 aliphatic carbocycles. The number of aromatic nitrogens is 2. The zero-order valence-corrected chi connectivity index (χ0v) is 27.5. The Morgan fingerprint density at radius 1 is 0.587 bits per heavy atom. The van der Waals surface area contributed by atoms with Gasteiger partial charge in [-0.05, 0) is 111 Å². The number of pyridine rings is 2. The van der Waals surface area contributed by atoms with Crippen molar-refractivity contribution in [1.29, 1.82) is 0 Å². The summed E-state index contributed by atoms with van der Waals surface area (Å²) < 4.78 is 0. The van der Waals surface area contributed by atoms with Gasteiger partial charge in [0.25, 0.3) is 0 Å². The molecule has 7 rings (SSSR count). The molecule has 0 saturated carbocycles. The summed E-state index contributed by atoms with van der Waals surface area (Å²) in [5.41, 5.74) is 11.5. The van der Waals surface area contributed by atoms with Gasteiger partial charge in [-0.3, -0.25) is 19.6 Å². The van der Waals surface area contributed by atoms with Crippen molar-refractivity contribution in [2.45, 2.75) is 53.9 Å². The molecule has 0 fully saturated rings. The number of carbonyl (C=O) groups is 2. The number of hydrogen-bond acceptors (Lipinski definition) is 5. The Labute approximate surface area is 271 Å². The van der Waals surface area contributed by atoms with Gasteiger partial charge in [0.1, 0.15) is 0 Å². The van der Waals surface area contributed by atoms with Gasteiger partial charge in [0.15, 0.2) is 12.6 Å². The zero-order valence-electron chi connectivity index (χ0n) is 27.5. The molecule has 2 N–H and O–H groups in total. The minimum Gasteiger partial charge on any atom is -0.330 e. The lowest BCUT2D eigenvalue weighted by molar-refractivity contribution is 0.111. The zero-order chi connectivity index (χ0) is 33.1. The number of benzene rings is 5. The number of carbonyl (C=O) groups excluding carboxylic acids is 2. The highest BCUT2D eigenvalue weighted by Gasteiger charge is 2.17. The molecule has 5 nitrogen and oxygen atoms in total. The van der Waals surface area contributed by atoms with Gasteiger partial charge in [-0.1, -0.05) is 87.9 Å². The number of rotatable bonds is 6. The maximum Gasteiger partial charge on any atom is 0.150 e. The van der Waals surface area contributed by atoms with Gasteiger partial charge in [0.2, 0.25) is 0 Å². The van der Waals surface area contributed by atoms with E-state index in [2.05, 4.69) is 47.2 Å². The Morgan fingerprint density at radius 2 is 1.00 bits per heavy atom. The molecule has 7 aromatic rings. The van der Waals surface area contributed by atoms with Crippen molar-refractivity contribution in [1.82, 2.24) is 9.97 Å². The monoisotopic (exact) mass is 609 g/mol. The predicted octanol–water partition coefficient (Wildman–Crippen LogP) is 9.62. The van der Waals surface area contributed by atoms with Crippen LogP contribution in [-0.2, 0) is 12.8 Å². The molecule has 0 aliphatic heterocycles. The molecule has 0 spiro atoms. The van der Waals surface area contributed by atoms with Crippen LogP contribution >= 0.6 is 0 Å². The largest absolute Gasteiger partial charge is 0.330 e. The summed E-state index contributed by atoms with van der Waals surface area (Å²) in [7, 11) is 0. The molecule has 0 saturated heterocycles. The number of nitrogens with two attached hydrogens (primary N) is 1. The lowest BCUT2D eigenvalue weighted by atomic mass is 9.85. The molecule has 46 heavy (non-hydrogen) atoms. The van der Waals surface area contributed by atoms with Crippen LogP contribution in [0.1, 0.15) is 70.2 Å². The van der Waals surface area contributed by atoms with E-state index in [1.165, 1.54) is 17.5 Å². The summed E-state index contributed by atoms with van der Waals surface area (Å²) in [5, 5.41) is 8.82. The van der Waals surface area contributed by atoms with Crippen LogP contribution in [0.25, 0.3) is 43.1 Å². The molecular formula is C41H43N3O2. The molecule has 5 aromatic carbocycles. The maximum absolute atomic E-state index is 11.6. The fourth-order valence-corrected chi connectivity index (χ4v) is 6.04. The molecule has 2 heterocycles. The van der Waals surface area contributed by atoms with Crippen LogP contribution < -0.4 is 5.73 Å². The van der Waals surface area contributed by atoms with Crippen molar-refractivity contribution >= 4 is 55.7 Å². The fraction of sp³-hybridized carbons (Fsp3) is 0.220. The summed E-state index contributed by atoms with van der Waals surface area (Å²) in [6, 6.07) is 24.3. The molecule has 0 unspecified atom stereocenters. The minimum atomic E-state index is 0.700. The van der Waals surface area contributed by atoms with Crippen LogP contribution in [0.3, 0.4) is 0 Å². The number of nitrogens with zero attached hydrogens (tertiary/aromatic N) is 2. The van der Waals surface area contributed by atoms with Crippen LogP contribution in [0.2, 0.25) is 0 Å². The lowest BCUT2D eigenvalue weighted by Crippen LogP contribution is -2.02. The second kappa shape index (κ2) is 16.4. The van der Waals surface area contributed by atoms with Gasteiger partial charge in [0.05, 0.1) is 0 Å². The van der Waals surface area contributed by atoms with Crippen LogP contribution in [0.15, 0.2) is 97.6 Å². The highest BCUT2D eigenvalue weighted by molar-refractivity contribution is 6.35. The second-order valence-electron chi connectivity index (χ2n) is 11.0. The van der Waals surface area contributed by atoms with Gasteiger partial charge in [-0.2, -0.15) is 0 Å². The molecule has 234 valence electrons. The number of aldehydes is 2. The normalized spacial score (nSPS) is 10.5. The molecule has 0 bridgehead atoms. The van der Waals surface area contributed by atoms with Crippen molar-refractivity contribution < 1.29 is 9.59 Å². The second-order valence-corrected chi connectivity index (χ2v) is 11.0. The first kappa shape index (κ1) is 33.9. The molecule has 0 radical (unpaired) electrons. The molecule has 0 aliphatic rings. The van der Waals surface area contributed by atoms with E-state index in [-0.39, 0.29) is 0 Å². The van der Waals surface area contributed by atoms with E-state index in [4.69, 9.17) is 5.73 Å². The minimum absolute atomic E-state index is 0.700. The van der Waals surface area contributed by atoms with Crippen molar-refractivity contribution in [3.63, 3.8) is 0 Å². The molecule has 2 aromatic heterocycles. The van der Waals surface area contributed by atoms with Crippen molar-refractivity contribution in [2.75, 3.05) is 6.54 Å². The Balaban J connectivity index is 0.000000197. The predicted molar refractivity (Wildman–Crippen MR) is 194 cm³/mol. The first-order valence-corrected chi connectivity index (χ1v) is 16.0. The summed E-state index contributed by atoms with van der Waals surface area (Å²) in [5.74, 6) is 0. The maximum atomic E-state index is 11.6. The van der Waals surface area contributed by atoms with Crippen LogP contribution in [0.4, 0.5) is 0 Å². The Hall–Kier alpha value is -5.00. The van der Waals surface area contributed by atoms with E-state index >= 15 is 0 Å². The van der Waals surface area contributed by atoms with E-state index < -0.39 is 0 Å². The summed E-state index contributed by atoms with van der Waals surface area (Å²) >= 11 is 0. The van der Waals surface area contributed by atoms with Gasteiger partial charge in [0, 0.05) is 35.9 Å². The van der Waals surface area contributed by atoms with E-state index in [9.17, 15) is 9.59 Å². The molecule has 5 heteroatoms. The third-order valence-electron chi connectivity index (χ3n) is 8.05. The van der Waals surface area contributed by atoms with E-state index in [1.54, 1.807) is 12.4 Å². The van der Waals surface area contributed by atoms with Crippen LogP contribution in [0, 0.1) is 13.8 Å². The Bertz CT molecular complexity index is 1870. The Kier molecular flexibility index (Phi) is 12.0. The number of hydrogen-bond donors (Lipinski definition) is 1. The van der Waals surface area contributed by atoms with Crippen LogP contribution in [-0.4, -0.2) is 29.1 Å².